The second kappa shape index (κ2) is 7.97. The van der Waals surface area contributed by atoms with Gasteiger partial charge in [0.05, 0.1) is 0 Å². The van der Waals surface area contributed by atoms with Crippen molar-refractivity contribution in [2.24, 2.45) is 4.99 Å². The van der Waals surface area contributed by atoms with Crippen molar-refractivity contribution in [3.63, 3.8) is 0 Å². The molecule has 2 N–H and O–H groups in total. The van der Waals surface area contributed by atoms with Crippen molar-refractivity contribution < 1.29 is 9.53 Å². The van der Waals surface area contributed by atoms with Crippen molar-refractivity contribution in [1.82, 2.24) is 15.5 Å². The molecule has 6 heteroatoms. The van der Waals surface area contributed by atoms with Crippen molar-refractivity contribution in [2.75, 3.05) is 32.7 Å². The molecule has 0 unspecified atom stereocenters. The van der Waals surface area contributed by atoms with Crippen molar-refractivity contribution in [1.29, 1.82) is 0 Å². The molecule has 1 rings (SSSR count). The minimum Gasteiger partial charge on any atom is -0.444 e. The number of guanidine groups is 1. The van der Waals surface area contributed by atoms with Crippen LogP contribution in [0.2, 0.25) is 0 Å². The van der Waals surface area contributed by atoms with Gasteiger partial charge in [0.25, 0.3) is 0 Å². The van der Waals surface area contributed by atoms with Gasteiger partial charge in [-0.1, -0.05) is 0 Å². The zero-order chi connectivity index (χ0) is 15.0. The van der Waals surface area contributed by atoms with Gasteiger partial charge in [0.15, 0.2) is 5.96 Å². The van der Waals surface area contributed by atoms with Crippen LogP contribution in [0.15, 0.2) is 4.99 Å². The average Bonchev–Trinajstić information content (AvgIpc) is 2.38. The fourth-order valence-corrected chi connectivity index (χ4v) is 1.83. The van der Waals surface area contributed by atoms with Gasteiger partial charge >= 0.3 is 6.09 Å². The molecule has 1 heterocycles. The van der Waals surface area contributed by atoms with Gasteiger partial charge < -0.3 is 20.3 Å². The van der Waals surface area contributed by atoms with Crippen molar-refractivity contribution >= 4 is 12.1 Å². The van der Waals surface area contributed by atoms with Crippen LogP contribution >= 0.6 is 0 Å². The third-order valence-corrected chi connectivity index (χ3v) is 2.83. The van der Waals surface area contributed by atoms with E-state index in [2.05, 4.69) is 15.6 Å². The summed E-state index contributed by atoms with van der Waals surface area (Å²) in [6.07, 6.45) is 1.72. The smallest absolute Gasteiger partial charge is 0.410 e. The molecule has 0 atom stereocenters. The number of carbonyl (C=O) groups is 1. The molecule has 0 bridgehead atoms. The maximum absolute atomic E-state index is 11.9. The van der Waals surface area contributed by atoms with Crippen LogP contribution in [0, 0.1) is 0 Å². The summed E-state index contributed by atoms with van der Waals surface area (Å²) in [6.45, 7) is 11.6. The Morgan fingerprint density at radius 2 is 2.25 bits per heavy atom. The number of carbonyl (C=O) groups excluding carboxylic acids is 1. The average molecular weight is 284 g/mol. The van der Waals surface area contributed by atoms with Gasteiger partial charge in [-0.3, -0.25) is 4.99 Å². The van der Waals surface area contributed by atoms with E-state index in [1.807, 2.05) is 27.7 Å². The molecular weight excluding hydrogens is 256 g/mol. The van der Waals surface area contributed by atoms with E-state index in [1.165, 1.54) is 0 Å². The lowest BCUT2D eigenvalue weighted by atomic mass is 10.2. The fraction of sp³-hybridized carbons (Fsp3) is 0.857. The third-order valence-electron chi connectivity index (χ3n) is 2.83. The number of hydrogen-bond acceptors (Lipinski definition) is 5. The molecule has 20 heavy (non-hydrogen) atoms. The molecule has 0 aromatic carbocycles. The van der Waals surface area contributed by atoms with Crippen LogP contribution < -0.4 is 10.6 Å². The minimum absolute atomic E-state index is 0.242. The first-order chi connectivity index (χ1) is 9.42. The van der Waals surface area contributed by atoms with Gasteiger partial charge in [0.2, 0.25) is 0 Å². The molecule has 0 saturated carbocycles. The lowest BCUT2D eigenvalue weighted by Crippen LogP contribution is -2.42. The second-order valence-electron chi connectivity index (χ2n) is 5.85. The van der Waals surface area contributed by atoms with Gasteiger partial charge in [-0.05, 0) is 40.5 Å². The first kappa shape index (κ1) is 16.6. The normalized spacial score (nSPS) is 15.1. The van der Waals surface area contributed by atoms with Crippen LogP contribution in [0.1, 0.15) is 40.5 Å². The SMILES string of the molecule is CCN(CCCNC1=NCCCN1)C(=O)OC(C)(C)C. The predicted molar refractivity (Wildman–Crippen MR) is 81.0 cm³/mol. The molecular formula is C14H28N4O2. The Hall–Kier alpha value is -1.46. The van der Waals surface area contributed by atoms with Crippen LogP contribution in [0.25, 0.3) is 0 Å². The van der Waals surface area contributed by atoms with Gasteiger partial charge in [0.1, 0.15) is 5.60 Å². The van der Waals surface area contributed by atoms with Gasteiger partial charge in [-0.2, -0.15) is 0 Å². The maximum Gasteiger partial charge on any atom is 0.410 e. The highest BCUT2D eigenvalue weighted by atomic mass is 16.6. The zero-order valence-corrected chi connectivity index (χ0v) is 13.2. The van der Waals surface area contributed by atoms with E-state index in [-0.39, 0.29) is 6.09 Å². The lowest BCUT2D eigenvalue weighted by molar-refractivity contribution is 0.0259. The lowest BCUT2D eigenvalue weighted by Gasteiger charge is -2.26. The van der Waals surface area contributed by atoms with Gasteiger partial charge in [-0.15, -0.1) is 0 Å². The Balaban J connectivity index is 2.23. The number of hydrogen-bond donors (Lipinski definition) is 2. The monoisotopic (exact) mass is 284 g/mol. The fourth-order valence-electron chi connectivity index (χ4n) is 1.83. The summed E-state index contributed by atoms with van der Waals surface area (Å²) < 4.78 is 5.37. The molecule has 116 valence electrons. The molecule has 0 aliphatic carbocycles. The molecule has 0 aromatic heterocycles. The molecule has 0 saturated heterocycles. The van der Waals surface area contributed by atoms with Gasteiger partial charge in [-0.25, -0.2) is 4.79 Å². The van der Waals surface area contributed by atoms with Crippen LogP contribution in [0.4, 0.5) is 4.79 Å². The Kier molecular flexibility index (Phi) is 6.61. The Labute approximate surface area is 122 Å². The molecule has 1 aliphatic rings. The molecule has 0 spiro atoms. The molecule has 6 nitrogen and oxygen atoms in total. The predicted octanol–water partition coefficient (Wildman–Crippen LogP) is 1.57. The quantitative estimate of drug-likeness (QED) is 0.752. The highest BCUT2D eigenvalue weighted by Gasteiger charge is 2.20. The topological polar surface area (TPSA) is 66.0 Å². The number of ether oxygens (including phenoxy) is 1. The van der Waals surface area contributed by atoms with E-state index in [4.69, 9.17) is 4.74 Å². The Morgan fingerprint density at radius 1 is 1.50 bits per heavy atom. The Bertz CT molecular complexity index is 337. The number of nitrogens with one attached hydrogen (secondary N) is 2. The van der Waals surface area contributed by atoms with E-state index in [0.29, 0.717) is 13.1 Å². The van der Waals surface area contributed by atoms with E-state index in [0.717, 1.165) is 38.4 Å². The number of nitrogens with zero attached hydrogens (tertiary/aromatic N) is 2. The highest BCUT2D eigenvalue weighted by molar-refractivity contribution is 5.80. The summed E-state index contributed by atoms with van der Waals surface area (Å²) in [7, 11) is 0. The molecule has 1 amide bonds. The Morgan fingerprint density at radius 3 is 2.80 bits per heavy atom. The van der Waals surface area contributed by atoms with Crippen LogP contribution in [0.3, 0.4) is 0 Å². The summed E-state index contributed by atoms with van der Waals surface area (Å²) >= 11 is 0. The minimum atomic E-state index is -0.441. The standard InChI is InChI=1S/C14H28N4O2/c1-5-18(13(19)20-14(2,3)4)11-7-10-17-12-15-8-6-9-16-12/h5-11H2,1-4H3,(H2,15,16,17). The number of aliphatic imine (C=N–C) groups is 1. The molecule has 0 aromatic rings. The zero-order valence-electron chi connectivity index (χ0n) is 13.2. The molecule has 0 fully saturated rings. The maximum atomic E-state index is 11.9. The highest BCUT2D eigenvalue weighted by Crippen LogP contribution is 2.09. The van der Waals surface area contributed by atoms with Crippen molar-refractivity contribution in [2.45, 2.75) is 46.1 Å². The van der Waals surface area contributed by atoms with E-state index >= 15 is 0 Å². The van der Waals surface area contributed by atoms with E-state index in [9.17, 15) is 4.79 Å². The first-order valence-electron chi connectivity index (χ1n) is 7.42. The van der Waals surface area contributed by atoms with Crippen LogP contribution in [-0.4, -0.2) is 55.3 Å². The summed E-state index contributed by atoms with van der Waals surface area (Å²) in [6, 6.07) is 0. The van der Waals surface area contributed by atoms with Gasteiger partial charge in [0, 0.05) is 32.7 Å². The summed E-state index contributed by atoms with van der Waals surface area (Å²) in [5, 5.41) is 6.46. The van der Waals surface area contributed by atoms with Crippen LogP contribution in [0.5, 0.6) is 0 Å². The van der Waals surface area contributed by atoms with E-state index in [1.54, 1.807) is 4.90 Å². The molecule has 1 aliphatic heterocycles. The third kappa shape index (κ3) is 6.63. The summed E-state index contributed by atoms with van der Waals surface area (Å²) in [5.74, 6) is 0.872. The van der Waals surface area contributed by atoms with Crippen molar-refractivity contribution in [3.05, 3.63) is 0 Å². The first-order valence-corrected chi connectivity index (χ1v) is 7.42. The van der Waals surface area contributed by atoms with Crippen molar-refractivity contribution in [3.8, 4) is 0 Å². The molecule has 0 radical (unpaired) electrons. The summed E-state index contributed by atoms with van der Waals surface area (Å²) in [5.41, 5.74) is -0.441. The summed E-state index contributed by atoms with van der Waals surface area (Å²) in [4.78, 5) is 18.0. The second-order valence-corrected chi connectivity index (χ2v) is 5.85. The number of amides is 1. The van der Waals surface area contributed by atoms with Crippen LogP contribution in [-0.2, 0) is 4.74 Å². The van der Waals surface area contributed by atoms with E-state index < -0.39 is 5.60 Å². The largest absolute Gasteiger partial charge is 0.444 e. The number of rotatable bonds is 5.